The molecule has 6 heteroatoms. The van der Waals surface area contributed by atoms with Crippen LogP contribution in [0, 0.1) is 0 Å². The van der Waals surface area contributed by atoms with E-state index in [4.69, 9.17) is 5.11 Å². The highest BCUT2D eigenvalue weighted by Crippen LogP contribution is 2.04. The van der Waals surface area contributed by atoms with Crippen LogP contribution < -0.4 is 0 Å². The normalized spacial score (nSPS) is 10.6. The highest BCUT2D eigenvalue weighted by atomic mass is 16.5. The maximum atomic E-state index is 9.99. The Bertz CT molecular complexity index is 218. The molecule has 0 fully saturated rings. The van der Waals surface area contributed by atoms with Crippen molar-refractivity contribution in [2.24, 2.45) is 0 Å². The Hall–Kier alpha value is -1.14. The van der Waals surface area contributed by atoms with Gasteiger partial charge in [0, 0.05) is 13.2 Å². The molecule has 0 saturated carbocycles. The Labute approximate surface area is 127 Å². The smallest absolute Gasteiger partial charge is 0.293 e. The molecule has 0 radical (unpaired) electrons. The van der Waals surface area contributed by atoms with Crippen LogP contribution in [0.5, 0.6) is 0 Å². The fraction of sp³-hybridized carbons (Fsp3) is 0.867. The second-order valence-corrected chi connectivity index (χ2v) is 4.97. The van der Waals surface area contributed by atoms with Crippen LogP contribution in [0.25, 0.3) is 0 Å². The van der Waals surface area contributed by atoms with Crippen molar-refractivity contribution in [3.63, 3.8) is 0 Å². The summed E-state index contributed by atoms with van der Waals surface area (Å²) in [7, 11) is 0. The van der Waals surface area contributed by atoms with Crippen LogP contribution in [0.4, 0.5) is 0 Å². The van der Waals surface area contributed by atoms with Gasteiger partial charge in [0.15, 0.2) is 0 Å². The molecule has 21 heavy (non-hydrogen) atoms. The maximum Gasteiger partial charge on any atom is 0.293 e. The second-order valence-electron chi connectivity index (χ2n) is 4.97. The quantitative estimate of drug-likeness (QED) is 0.323. The van der Waals surface area contributed by atoms with Crippen molar-refractivity contribution < 1.29 is 24.2 Å². The van der Waals surface area contributed by atoms with Crippen molar-refractivity contribution in [1.29, 1.82) is 0 Å². The van der Waals surface area contributed by atoms with Crippen LogP contribution in [0.2, 0.25) is 0 Å². The maximum absolute atomic E-state index is 9.99. The van der Waals surface area contributed by atoms with E-state index >= 15 is 0 Å². The molecule has 0 aromatic rings. The van der Waals surface area contributed by atoms with Gasteiger partial charge in [0.05, 0.1) is 13.2 Å². The van der Waals surface area contributed by atoms with Crippen molar-refractivity contribution in [3.8, 4) is 0 Å². The summed E-state index contributed by atoms with van der Waals surface area (Å²) in [5.74, 6) is 0. The summed E-state index contributed by atoms with van der Waals surface area (Å²) in [6.07, 6.45) is 6.81. The van der Waals surface area contributed by atoms with E-state index in [0.717, 1.165) is 64.6 Å². The highest BCUT2D eigenvalue weighted by Gasteiger charge is 2.04. The van der Waals surface area contributed by atoms with Gasteiger partial charge in [-0.3, -0.25) is 9.59 Å². The van der Waals surface area contributed by atoms with Crippen molar-refractivity contribution in [2.45, 2.75) is 44.9 Å². The van der Waals surface area contributed by atoms with Crippen molar-refractivity contribution in [2.75, 3.05) is 39.5 Å². The molecule has 124 valence electrons. The first-order valence-corrected chi connectivity index (χ1v) is 7.79. The van der Waals surface area contributed by atoms with E-state index in [-0.39, 0.29) is 6.61 Å². The number of unbranched alkanes of at least 4 members (excludes halogenated alkanes) is 4. The molecule has 0 unspecified atom stereocenters. The van der Waals surface area contributed by atoms with Crippen LogP contribution in [-0.4, -0.2) is 62.4 Å². The molecule has 0 aliphatic carbocycles. The minimum absolute atomic E-state index is 0.219. The van der Waals surface area contributed by atoms with Gasteiger partial charge in [-0.15, -0.1) is 0 Å². The van der Waals surface area contributed by atoms with Gasteiger partial charge in [-0.2, -0.15) is 0 Å². The molecule has 1 N–H and O–H groups in total. The van der Waals surface area contributed by atoms with E-state index < -0.39 is 0 Å². The van der Waals surface area contributed by atoms with Gasteiger partial charge in [-0.25, -0.2) is 0 Å². The number of carbonyl (C=O) groups excluding carboxylic acids is 2. The number of carbonyl (C=O) groups is 2. The molecular formula is C15H29NO5. The van der Waals surface area contributed by atoms with E-state index in [1.165, 1.54) is 0 Å². The van der Waals surface area contributed by atoms with Crippen LogP contribution >= 0.6 is 0 Å². The molecule has 0 spiro atoms. The van der Waals surface area contributed by atoms with E-state index in [1.807, 2.05) is 0 Å². The minimum atomic E-state index is 0.219. The number of aliphatic hydroxyl groups excluding tert-OH is 1. The molecule has 0 rings (SSSR count). The monoisotopic (exact) mass is 303 g/mol. The zero-order valence-corrected chi connectivity index (χ0v) is 12.9. The Morgan fingerprint density at radius 3 is 1.62 bits per heavy atom. The SMILES string of the molecule is O=COCCCCCN(CCCO)CCCCCOC=O. The lowest BCUT2D eigenvalue weighted by Crippen LogP contribution is -2.28. The summed E-state index contributed by atoms with van der Waals surface area (Å²) >= 11 is 0. The van der Waals surface area contributed by atoms with E-state index in [1.54, 1.807) is 0 Å². The molecule has 6 nitrogen and oxygen atoms in total. The molecule has 0 aromatic carbocycles. The zero-order chi connectivity index (χ0) is 15.6. The Balaban J connectivity index is 3.60. The van der Waals surface area contributed by atoms with Gasteiger partial charge < -0.3 is 19.5 Å². The van der Waals surface area contributed by atoms with Crippen LogP contribution in [-0.2, 0) is 19.1 Å². The average Bonchev–Trinajstić information content (AvgIpc) is 2.50. The first-order valence-electron chi connectivity index (χ1n) is 7.79. The lowest BCUT2D eigenvalue weighted by Gasteiger charge is -2.21. The topological polar surface area (TPSA) is 76.1 Å². The molecule has 0 atom stereocenters. The lowest BCUT2D eigenvalue weighted by atomic mass is 10.2. The Kier molecular flexibility index (Phi) is 16.0. The van der Waals surface area contributed by atoms with Crippen molar-refractivity contribution in [3.05, 3.63) is 0 Å². The molecule has 0 heterocycles. The third kappa shape index (κ3) is 15.1. The van der Waals surface area contributed by atoms with Gasteiger partial charge >= 0.3 is 0 Å². The molecule has 0 aliphatic rings. The second kappa shape index (κ2) is 16.9. The van der Waals surface area contributed by atoms with Crippen LogP contribution in [0.15, 0.2) is 0 Å². The number of ether oxygens (including phenoxy) is 2. The van der Waals surface area contributed by atoms with Gasteiger partial charge in [0.25, 0.3) is 12.9 Å². The molecule has 0 amide bonds. The fourth-order valence-corrected chi connectivity index (χ4v) is 2.12. The van der Waals surface area contributed by atoms with E-state index in [2.05, 4.69) is 14.4 Å². The number of nitrogens with zero attached hydrogens (tertiary/aromatic N) is 1. The first-order chi connectivity index (χ1) is 10.3. The van der Waals surface area contributed by atoms with Gasteiger partial charge in [-0.1, -0.05) is 0 Å². The fourth-order valence-electron chi connectivity index (χ4n) is 2.12. The highest BCUT2D eigenvalue weighted by molar-refractivity contribution is 5.36. The summed E-state index contributed by atoms with van der Waals surface area (Å²) in [6.45, 7) is 5.11. The molecule has 0 bridgehead atoms. The van der Waals surface area contributed by atoms with Gasteiger partial charge in [0.2, 0.25) is 0 Å². The first kappa shape index (κ1) is 19.9. The average molecular weight is 303 g/mol. The number of hydrogen-bond acceptors (Lipinski definition) is 6. The van der Waals surface area contributed by atoms with Crippen LogP contribution in [0.3, 0.4) is 0 Å². The largest absolute Gasteiger partial charge is 0.468 e. The third-order valence-corrected chi connectivity index (χ3v) is 3.24. The third-order valence-electron chi connectivity index (χ3n) is 3.24. The molecule has 0 aliphatic heterocycles. The Morgan fingerprint density at radius 2 is 1.19 bits per heavy atom. The number of rotatable bonds is 17. The predicted molar refractivity (Wildman–Crippen MR) is 79.9 cm³/mol. The lowest BCUT2D eigenvalue weighted by molar-refractivity contribution is -0.129. The summed E-state index contributed by atoms with van der Waals surface area (Å²) in [5, 5.41) is 8.93. The van der Waals surface area contributed by atoms with Gasteiger partial charge in [0.1, 0.15) is 0 Å². The summed E-state index contributed by atoms with van der Waals surface area (Å²) in [4.78, 5) is 22.3. The standard InChI is InChI=1S/C15H29NO5/c17-11-7-10-16(8-3-1-5-12-20-14-18)9-4-2-6-13-21-15-19/h14-15,17H,1-13H2. The summed E-state index contributed by atoms with van der Waals surface area (Å²) in [6, 6.07) is 0. The van der Waals surface area contributed by atoms with E-state index in [9.17, 15) is 9.59 Å². The number of hydrogen-bond donors (Lipinski definition) is 1. The summed E-state index contributed by atoms with van der Waals surface area (Å²) < 4.78 is 9.31. The molecule has 0 aromatic heterocycles. The van der Waals surface area contributed by atoms with Crippen molar-refractivity contribution in [1.82, 2.24) is 4.90 Å². The molecular weight excluding hydrogens is 274 g/mol. The minimum Gasteiger partial charge on any atom is -0.468 e. The molecule has 0 saturated heterocycles. The Morgan fingerprint density at radius 1 is 0.714 bits per heavy atom. The number of aliphatic hydroxyl groups is 1. The summed E-state index contributed by atoms with van der Waals surface area (Å²) in [5.41, 5.74) is 0. The van der Waals surface area contributed by atoms with Crippen LogP contribution in [0.1, 0.15) is 44.9 Å². The van der Waals surface area contributed by atoms with E-state index in [0.29, 0.717) is 26.2 Å². The van der Waals surface area contributed by atoms with Crippen molar-refractivity contribution >= 4 is 12.9 Å². The van der Waals surface area contributed by atoms with Gasteiger partial charge in [-0.05, 0) is 58.0 Å². The predicted octanol–water partition coefficient (Wildman–Crippen LogP) is 1.36. The zero-order valence-electron chi connectivity index (χ0n) is 12.9.